The molecule has 0 spiro atoms. The van der Waals surface area contributed by atoms with Crippen molar-refractivity contribution in [1.82, 2.24) is 19.3 Å². The van der Waals surface area contributed by atoms with Crippen molar-refractivity contribution in [3.63, 3.8) is 0 Å². The van der Waals surface area contributed by atoms with Crippen LogP contribution in [0.3, 0.4) is 0 Å². The summed E-state index contributed by atoms with van der Waals surface area (Å²) in [7, 11) is 3.34. The molecule has 1 amide bonds. The number of hydrogen-bond donors (Lipinski definition) is 0. The van der Waals surface area contributed by atoms with Gasteiger partial charge in [0.25, 0.3) is 5.91 Å². The first-order valence-corrected chi connectivity index (χ1v) is 6.37. The molecule has 6 heteroatoms. The fourth-order valence-corrected chi connectivity index (χ4v) is 2.06. The fourth-order valence-electron chi connectivity index (χ4n) is 2.06. The molecule has 0 aliphatic heterocycles. The van der Waals surface area contributed by atoms with Gasteiger partial charge < -0.3 is 9.30 Å². The lowest BCUT2D eigenvalue weighted by molar-refractivity contribution is 0.0822. The van der Waals surface area contributed by atoms with Crippen molar-refractivity contribution in [3.8, 4) is 11.3 Å². The second-order valence-electron chi connectivity index (χ2n) is 4.84. The topological polar surface area (TPSA) is 50.5 Å². The Labute approximate surface area is 120 Å². The smallest absolute Gasteiger partial charge is 0.273 e. The number of imidazole rings is 1. The van der Waals surface area contributed by atoms with Crippen LogP contribution in [0.5, 0.6) is 0 Å². The fraction of sp³-hybridized carbons (Fsp3) is 0.133. The molecule has 5 nitrogen and oxygen atoms in total. The SMILES string of the molecule is CN(C)C(=O)c1cn2ccnc(-c3ccc(F)cc3)c2n1. The molecule has 0 unspecified atom stereocenters. The monoisotopic (exact) mass is 284 g/mol. The predicted molar refractivity (Wildman–Crippen MR) is 76.4 cm³/mol. The van der Waals surface area contributed by atoms with Crippen LogP contribution in [0, 0.1) is 5.82 Å². The van der Waals surface area contributed by atoms with Gasteiger partial charge in [0.2, 0.25) is 0 Å². The van der Waals surface area contributed by atoms with E-state index in [2.05, 4.69) is 9.97 Å². The second kappa shape index (κ2) is 4.97. The molecule has 2 aromatic heterocycles. The van der Waals surface area contributed by atoms with Crippen molar-refractivity contribution in [2.75, 3.05) is 14.1 Å². The van der Waals surface area contributed by atoms with Crippen LogP contribution in [0.2, 0.25) is 0 Å². The van der Waals surface area contributed by atoms with Gasteiger partial charge in [-0.05, 0) is 24.3 Å². The van der Waals surface area contributed by atoms with Gasteiger partial charge in [-0.1, -0.05) is 0 Å². The predicted octanol–water partition coefficient (Wildman–Crippen LogP) is 2.24. The Balaban J connectivity index is 2.16. The molecule has 0 bridgehead atoms. The van der Waals surface area contributed by atoms with Crippen molar-refractivity contribution >= 4 is 11.6 Å². The minimum Gasteiger partial charge on any atom is -0.343 e. The summed E-state index contributed by atoms with van der Waals surface area (Å²) in [6.45, 7) is 0. The van der Waals surface area contributed by atoms with E-state index in [1.807, 2.05) is 0 Å². The number of amides is 1. The minimum absolute atomic E-state index is 0.177. The zero-order valence-electron chi connectivity index (χ0n) is 11.6. The average molecular weight is 284 g/mol. The summed E-state index contributed by atoms with van der Waals surface area (Å²) < 4.78 is 14.8. The average Bonchev–Trinajstić information content (AvgIpc) is 2.91. The van der Waals surface area contributed by atoms with Crippen molar-refractivity contribution in [2.24, 2.45) is 0 Å². The third kappa shape index (κ3) is 2.35. The number of carbonyl (C=O) groups is 1. The molecule has 0 atom stereocenters. The van der Waals surface area contributed by atoms with E-state index in [0.717, 1.165) is 5.56 Å². The molecule has 2 heterocycles. The summed E-state index contributed by atoms with van der Waals surface area (Å²) in [4.78, 5) is 22.1. The van der Waals surface area contributed by atoms with Crippen molar-refractivity contribution in [1.29, 1.82) is 0 Å². The number of halogens is 1. The van der Waals surface area contributed by atoms with Crippen LogP contribution in [0.1, 0.15) is 10.5 Å². The lowest BCUT2D eigenvalue weighted by Gasteiger charge is -2.06. The van der Waals surface area contributed by atoms with Gasteiger partial charge in [0.15, 0.2) is 5.65 Å². The Morgan fingerprint density at radius 3 is 2.62 bits per heavy atom. The highest BCUT2D eigenvalue weighted by molar-refractivity contribution is 5.93. The number of hydrogen-bond acceptors (Lipinski definition) is 3. The molecule has 3 aromatic rings. The highest BCUT2D eigenvalue weighted by Gasteiger charge is 2.15. The molecule has 0 saturated heterocycles. The lowest BCUT2D eigenvalue weighted by Crippen LogP contribution is -2.21. The van der Waals surface area contributed by atoms with Crippen LogP contribution in [0.15, 0.2) is 42.9 Å². The van der Waals surface area contributed by atoms with Crippen LogP contribution >= 0.6 is 0 Å². The minimum atomic E-state index is -0.308. The number of aromatic nitrogens is 3. The lowest BCUT2D eigenvalue weighted by atomic mass is 10.1. The van der Waals surface area contributed by atoms with Gasteiger partial charge in [-0.2, -0.15) is 0 Å². The largest absolute Gasteiger partial charge is 0.343 e. The first-order valence-electron chi connectivity index (χ1n) is 6.37. The Bertz CT molecular complexity index is 808. The maximum atomic E-state index is 13.0. The number of carbonyl (C=O) groups excluding carboxylic acids is 1. The molecular weight excluding hydrogens is 271 g/mol. The third-order valence-electron chi connectivity index (χ3n) is 3.12. The summed E-state index contributed by atoms with van der Waals surface area (Å²) in [6.07, 6.45) is 5.01. The molecule has 0 saturated carbocycles. The molecule has 1 aromatic carbocycles. The molecule has 0 aliphatic rings. The Morgan fingerprint density at radius 1 is 1.24 bits per heavy atom. The van der Waals surface area contributed by atoms with Crippen molar-refractivity contribution in [2.45, 2.75) is 0 Å². The Hall–Kier alpha value is -2.76. The van der Waals surface area contributed by atoms with Gasteiger partial charge in [-0.15, -0.1) is 0 Å². The quantitative estimate of drug-likeness (QED) is 0.725. The zero-order chi connectivity index (χ0) is 15.0. The standard InChI is InChI=1S/C15H13FN4O/c1-19(2)15(21)12-9-20-8-7-17-13(14(20)18-12)10-3-5-11(16)6-4-10/h3-9H,1-2H3. The van der Waals surface area contributed by atoms with Gasteiger partial charge in [0.1, 0.15) is 17.2 Å². The third-order valence-corrected chi connectivity index (χ3v) is 3.12. The highest BCUT2D eigenvalue weighted by atomic mass is 19.1. The first kappa shape index (κ1) is 13.2. The first-order chi connectivity index (χ1) is 10.1. The van der Waals surface area contributed by atoms with Crippen molar-refractivity contribution < 1.29 is 9.18 Å². The summed E-state index contributed by atoms with van der Waals surface area (Å²) in [5.74, 6) is -0.485. The van der Waals surface area contributed by atoms with E-state index in [1.54, 1.807) is 49.2 Å². The van der Waals surface area contributed by atoms with Crippen LogP contribution in [0.4, 0.5) is 4.39 Å². The van der Waals surface area contributed by atoms with E-state index in [-0.39, 0.29) is 11.7 Å². The molecule has 0 aliphatic carbocycles. The molecule has 3 rings (SSSR count). The van der Waals surface area contributed by atoms with E-state index >= 15 is 0 Å². The van der Waals surface area contributed by atoms with E-state index in [9.17, 15) is 9.18 Å². The highest BCUT2D eigenvalue weighted by Crippen LogP contribution is 2.22. The molecular formula is C15H13FN4O. The normalized spacial score (nSPS) is 10.8. The van der Waals surface area contributed by atoms with Crippen LogP contribution in [0.25, 0.3) is 16.9 Å². The second-order valence-corrected chi connectivity index (χ2v) is 4.84. The summed E-state index contributed by atoms with van der Waals surface area (Å²) in [6, 6.07) is 6.02. The summed E-state index contributed by atoms with van der Waals surface area (Å²) >= 11 is 0. The van der Waals surface area contributed by atoms with Crippen LogP contribution in [-0.4, -0.2) is 39.3 Å². The number of rotatable bonds is 2. The van der Waals surface area contributed by atoms with Gasteiger partial charge in [0.05, 0.1) is 0 Å². The van der Waals surface area contributed by atoms with E-state index in [4.69, 9.17) is 0 Å². The summed E-state index contributed by atoms with van der Waals surface area (Å²) in [5.41, 5.74) is 2.26. The maximum Gasteiger partial charge on any atom is 0.273 e. The molecule has 106 valence electrons. The van der Waals surface area contributed by atoms with E-state index in [0.29, 0.717) is 17.0 Å². The summed E-state index contributed by atoms with van der Waals surface area (Å²) in [5, 5.41) is 0. The van der Waals surface area contributed by atoms with Crippen LogP contribution in [-0.2, 0) is 0 Å². The van der Waals surface area contributed by atoms with Gasteiger partial charge >= 0.3 is 0 Å². The molecule has 0 radical (unpaired) electrons. The van der Waals surface area contributed by atoms with E-state index in [1.165, 1.54) is 17.0 Å². The Kier molecular flexibility index (Phi) is 3.13. The van der Waals surface area contributed by atoms with Gasteiger partial charge in [0, 0.05) is 38.2 Å². The van der Waals surface area contributed by atoms with Gasteiger partial charge in [-0.3, -0.25) is 9.78 Å². The molecule has 21 heavy (non-hydrogen) atoms. The number of nitrogens with zero attached hydrogens (tertiary/aromatic N) is 4. The van der Waals surface area contributed by atoms with E-state index < -0.39 is 0 Å². The van der Waals surface area contributed by atoms with Crippen molar-refractivity contribution in [3.05, 3.63) is 54.4 Å². The number of fused-ring (bicyclic) bond motifs is 1. The van der Waals surface area contributed by atoms with Crippen LogP contribution < -0.4 is 0 Å². The Morgan fingerprint density at radius 2 is 1.95 bits per heavy atom. The molecule has 0 fully saturated rings. The van der Waals surface area contributed by atoms with Gasteiger partial charge in [-0.25, -0.2) is 9.37 Å². The zero-order valence-corrected chi connectivity index (χ0v) is 11.6. The molecule has 0 N–H and O–H groups in total. The maximum absolute atomic E-state index is 13.0. The number of benzene rings is 1.